The number of nitrogens with one attached hydrogen (secondary N) is 3. The summed E-state index contributed by atoms with van der Waals surface area (Å²) >= 11 is 0. The summed E-state index contributed by atoms with van der Waals surface area (Å²) in [6.07, 6.45) is 3.23. The van der Waals surface area contributed by atoms with Gasteiger partial charge >= 0.3 is 6.03 Å². The second kappa shape index (κ2) is 8.85. The van der Waals surface area contributed by atoms with Crippen LogP contribution in [0.5, 0.6) is 0 Å². The summed E-state index contributed by atoms with van der Waals surface area (Å²) < 4.78 is 1.71. The van der Waals surface area contributed by atoms with E-state index in [0.29, 0.717) is 23.5 Å². The maximum Gasteiger partial charge on any atom is 0.319 e. The average Bonchev–Trinajstić information content (AvgIpc) is 3.12. The van der Waals surface area contributed by atoms with Gasteiger partial charge in [0.05, 0.1) is 29.7 Å². The van der Waals surface area contributed by atoms with Crippen molar-refractivity contribution in [2.75, 3.05) is 10.6 Å². The number of urea groups is 1. The number of aromatic nitrogens is 2. The highest BCUT2D eigenvalue weighted by atomic mass is 16.2. The van der Waals surface area contributed by atoms with Crippen LogP contribution in [0.4, 0.5) is 16.2 Å². The van der Waals surface area contributed by atoms with E-state index in [2.05, 4.69) is 21.0 Å². The molecule has 7 nitrogen and oxygen atoms in total. The van der Waals surface area contributed by atoms with Crippen molar-refractivity contribution in [2.45, 2.75) is 26.4 Å². The van der Waals surface area contributed by atoms with E-state index in [1.54, 1.807) is 35.1 Å². The molecule has 1 aromatic heterocycles. The van der Waals surface area contributed by atoms with Gasteiger partial charge in [-0.05, 0) is 31.5 Å². The summed E-state index contributed by atoms with van der Waals surface area (Å²) in [5.74, 6) is -0.294. The van der Waals surface area contributed by atoms with Crippen LogP contribution in [0.2, 0.25) is 0 Å². The lowest BCUT2D eigenvalue weighted by Gasteiger charge is -2.14. The van der Waals surface area contributed by atoms with Crippen molar-refractivity contribution in [1.29, 1.82) is 0 Å². The number of anilines is 2. The van der Waals surface area contributed by atoms with Crippen LogP contribution in [-0.4, -0.2) is 27.8 Å². The number of hydrogen-bond donors (Lipinski definition) is 3. The van der Waals surface area contributed by atoms with Gasteiger partial charge in [-0.25, -0.2) is 4.79 Å². The van der Waals surface area contributed by atoms with Crippen molar-refractivity contribution in [2.24, 2.45) is 0 Å². The number of para-hydroxylation sites is 2. The Hall–Kier alpha value is -3.61. The van der Waals surface area contributed by atoms with E-state index >= 15 is 0 Å². The van der Waals surface area contributed by atoms with Gasteiger partial charge in [0.1, 0.15) is 0 Å². The maximum absolute atomic E-state index is 12.6. The predicted octanol–water partition coefficient (Wildman–Crippen LogP) is 3.71. The molecule has 0 atom stereocenters. The molecular weight excluding hydrogens is 354 g/mol. The highest BCUT2D eigenvalue weighted by Gasteiger charge is 2.13. The van der Waals surface area contributed by atoms with Crippen LogP contribution in [0.1, 0.15) is 29.8 Å². The number of amides is 3. The zero-order valence-electron chi connectivity index (χ0n) is 15.8. The molecule has 7 heteroatoms. The molecule has 2 aromatic carbocycles. The molecule has 28 heavy (non-hydrogen) atoms. The standard InChI is InChI=1S/C21H23N5O2/c1-15(2)23-21(28)25-19-11-7-6-10-18(19)24-20(27)17-12-22-26(14-17)13-16-8-4-3-5-9-16/h3-12,14-15H,13H2,1-2H3,(H,24,27)(H2,23,25,28). The quantitative estimate of drug-likeness (QED) is 0.612. The Morgan fingerprint density at radius 2 is 1.61 bits per heavy atom. The molecule has 0 aliphatic heterocycles. The summed E-state index contributed by atoms with van der Waals surface area (Å²) in [7, 11) is 0. The molecule has 0 saturated heterocycles. The van der Waals surface area contributed by atoms with Crippen LogP contribution in [-0.2, 0) is 6.54 Å². The van der Waals surface area contributed by atoms with Crippen LogP contribution < -0.4 is 16.0 Å². The van der Waals surface area contributed by atoms with Crippen LogP contribution in [0.15, 0.2) is 67.0 Å². The molecule has 0 fully saturated rings. The Labute approximate surface area is 163 Å². The number of rotatable bonds is 6. The van der Waals surface area contributed by atoms with Gasteiger partial charge in [-0.3, -0.25) is 9.48 Å². The van der Waals surface area contributed by atoms with Gasteiger partial charge in [0.25, 0.3) is 5.91 Å². The predicted molar refractivity (Wildman–Crippen MR) is 109 cm³/mol. The second-order valence-electron chi connectivity index (χ2n) is 6.67. The zero-order chi connectivity index (χ0) is 19.9. The monoisotopic (exact) mass is 377 g/mol. The van der Waals surface area contributed by atoms with Gasteiger partial charge in [0.2, 0.25) is 0 Å². The first-order chi connectivity index (χ1) is 13.5. The minimum atomic E-state index is -0.327. The van der Waals surface area contributed by atoms with E-state index in [0.717, 1.165) is 5.56 Å². The molecule has 0 spiro atoms. The van der Waals surface area contributed by atoms with Gasteiger partial charge < -0.3 is 16.0 Å². The van der Waals surface area contributed by atoms with Crippen molar-refractivity contribution in [1.82, 2.24) is 15.1 Å². The third kappa shape index (κ3) is 5.20. The van der Waals surface area contributed by atoms with E-state index < -0.39 is 0 Å². The first-order valence-corrected chi connectivity index (χ1v) is 9.05. The third-order valence-electron chi connectivity index (χ3n) is 3.93. The van der Waals surface area contributed by atoms with E-state index in [4.69, 9.17) is 0 Å². The maximum atomic E-state index is 12.6. The number of carbonyl (C=O) groups is 2. The summed E-state index contributed by atoms with van der Waals surface area (Å²) in [5.41, 5.74) is 2.58. The van der Waals surface area contributed by atoms with Crippen molar-refractivity contribution in [3.8, 4) is 0 Å². The first-order valence-electron chi connectivity index (χ1n) is 9.05. The number of carbonyl (C=O) groups excluding carboxylic acids is 2. The Morgan fingerprint density at radius 3 is 2.29 bits per heavy atom. The van der Waals surface area contributed by atoms with Gasteiger partial charge in [-0.1, -0.05) is 42.5 Å². The van der Waals surface area contributed by atoms with E-state index in [1.807, 2.05) is 44.2 Å². The van der Waals surface area contributed by atoms with Crippen LogP contribution in [0.25, 0.3) is 0 Å². The molecule has 144 valence electrons. The molecule has 0 aliphatic carbocycles. The molecule has 3 amide bonds. The minimum Gasteiger partial charge on any atom is -0.336 e. The average molecular weight is 377 g/mol. The normalized spacial score (nSPS) is 10.5. The lowest BCUT2D eigenvalue weighted by molar-refractivity contribution is 0.102. The zero-order valence-corrected chi connectivity index (χ0v) is 15.8. The molecule has 1 heterocycles. The van der Waals surface area contributed by atoms with Crippen LogP contribution >= 0.6 is 0 Å². The Balaban J connectivity index is 1.67. The molecule has 0 unspecified atom stereocenters. The van der Waals surface area contributed by atoms with Crippen molar-refractivity contribution in [3.05, 3.63) is 78.1 Å². The molecule has 0 saturated carbocycles. The fourth-order valence-corrected chi connectivity index (χ4v) is 2.65. The van der Waals surface area contributed by atoms with Gasteiger partial charge in [0, 0.05) is 12.2 Å². The number of benzene rings is 2. The molecule has 3 aromatic rings. The van der Waals surface area contributed by atoms with Crippen LogP contribution in [0, 0.1) is 0 Å². The van der Waals surface area contributed by atoms with Crippen molar-refractivity contribution in [3.63, 3.8) is 0 Å². The highest BCUT2D eigenvalue weighted by molar-refractivity contribution is 6.06. The SMILES string of the molecule is CC(C)NC(=O)Nc1ccccc1NC(=O)c1cnn(Cc2ccccc2)c1. The van der Waals surface area contributed by atoms with Gasteiger partial charge in [-0.2, -0.15) is 5.10 Å². The fourth-order valence-electron chi connectivity index (χ4n) is 2.65. The fraction of sp³-hybridized carbons (Fsp3) is 0.190. The number of hydrogen-bond acceptors (Lipinski definition) is 3. The summed E-state index contributed by atoms with van der Waals surface area (Å²) in [5, 5.41) is 12.6. The topological polar surface area (TPSA) is 88.1 Å². The van der Waals surface area contributed by atoms with Crippen molar-refractivity contribution < 1.29 is 9.59 Å². The Morgan fingerprint density at radius 1 is 0.964 bits per heavy atom. The van der Waals surface area contributed by atoms with E-state index in [9.17, 15) is 9.59 Å². The van der Waals surface area contributed by atoms with E-state index in [-0.39, 0.29) is 18.0 Å². The molecule has 0 aliphatic rings. The Kier molecular flexibility index (Phi) is 6.06. The molecule has 3 rings (SSSR count). The molecule has 3 N–H and O–H groups in total. The third-order valence-corrected chi connectivity index (χ3v) is 3.93. The smallest absolute Gasteiger partial charge is 0.319 e. The summed E-state index contributed by atoms with van der Waals surface area (Å²) in [6, 6.07) is 16.6. The van der Waals surface area contributed by atoms with Crippen molar-refractivity contribution >= 4 is 23.3 Å². The lowest BCUT2D eigenvalue weighted by atomic mass is 10.2. The van der Waals surface area contributed by atoms with E-state index in [1.165, 1.54) is 6.20 Å². The first kappa shape index (κ1) is 19.2. The van der Waals surface area contributed by atoms with Crippen LogP contribution in [0.3, 0.4) is 0 Å². The second-order valence-corrected chi connectivity index (χ2v) is 6.67. The minimum absolute atomic E-state index is 0.0113. The molecular formula is C21H23N5O2. The largest absolute Gasteiger partial charge is 0.336 e. The number of nitrogens with zero attached hydrogens (tertiary/aromatic N) is 2. The van der Waals surface area contributed by atoms with Gasteiger partial charge in [-0.15, -0.1) is 0 Å². The highest BCUT2D eigenvalue weighted by Crippen LogP contribution is 2.21. The molecule has 0 radical (unpaired) electrons. The summed E-state index contributed by atoms with van der Waals surface area (Å²) in [6.45, 7) is 4.34. The Bertz CT molecular complexity index is 950. The van der Waals surface area contributed by atoms with Gasteiger partial charge in [0.15, 0.2) is 0 Å². The lowest BCUT2D eigenvalue weighted by Crippen LogP contribution is -2.34. The molecule has 0 bridgehead atoms. The summed E-state index contributed by atoms with van der Waals surface area (Å²) in [4.78, 5) is 24.6.